The second kappa shape index (κ2) is 9.55. The first-order valence-electron chi connectivity index (χ1n) is 9.48. The lowest BCUT2D eigenvalue weighted by Gasteiger charge is -2.09. The van der Waals surface area contributed by atoms with Gasteiger partial charge in [0.25, 0.3) is 5.91 Å². The van der Waals surface area contributed by atoms with Gasteiger partial charge in [-0.2, -0.15) is 0 Å². The first kappa shape index (κ1) is 20.1. The summed E-state index contributed by atoms with van der Waals surface area (Å²) in [5.74, 6) is 0.796. The van der Waals surface area contributed by atoms with Gasteiger partial charge in [0.05, 0.1) is 12.2 Å². The molecule has 29 heavy (non-hydrogen) atoms. The minimum atomic E-state index is -0.367. The largest absolute Gasteiger partial charge is 0.462 e. The first-order chi connectivity index (χ1) is 14.0. The summed E-state index contributed by atoms with van der Waals surface area (Å²) in [6.07, 6.45) is 0.773. The molecule has 3 aromatic carbocycles. The summed E-state index contributed by atoms with van der Waals surface area (Å²) in [7, 11) is 0. The van der Waals surface area contributed by atoms with E-state index in [9.17, 15) is 9.59 Å². The SMILES string of the molecule is CCCOC(=O)c1ccc(NC(=O)c2ccc(Oc3cccc(C)c3)cc2)cc1. The Balaban J connectivity index is 1.60. The van der Waals surface area contributed by atoms with E-state index in [-0.39, 0.29) is 11.9 Å². The number of nitrogens with one attached hydrogen (secondary N) is 1. The topological polar surface area (TPSA) is 64.6 Å². The van der Waals surface area contributed by atoms with Crippen LogP contribution in [0.15, 0.2) is 72.8 Å². The highest BCUT2D eigenvalue weighted by atomic mass is 16.5. The fraction of sp³-hybridized carbons (Fsp3) is 0.167. The second-order valence-corrected chi connectivity index (χ2v) is 6.61. The summed E-state index contributed by atoms with van der Waals surface area (Å²) in [6.45, 7) is 4.33. The molecule has 5 heteroatoms. The molecule has 0 saturated carbocycles. The number of aryl methyl sites for hydroxylation is 1. The molecule has 3 rings (SSSR count). The zero-order valence-corrected chi connectivity index (χ0v) is 16.5. The lowest BCUT2D eigenvalue weighted by atomic mass is 10.1. The molecule has 5 nitrogen and oxygen atoms in total. The van der Waals surface area contributed by atoms with Crippen LogP contribution in [0.3, 0.4) is 0 Å². The number of amides is 1. The maximum absolute atomic E-state index is 12.4. The molecule has 0 fully saturated rings. The first-order valence-corrected chi connectivity index (χ1v) is 9.48. The third-order valence-electron chi connectivity index (χ3n) is 4.16. The Morgan fingerprint density at radius 2 is 1.55 bits per heavy atom. The van der Waals surface area contributed by atoms with Gasteiger partial charge >= 0.3 is 5.97 Å². The Morgan fingerprint density at radius 1 is 0.862 bits per heavy atom. The highest BCUT2D eigenvalue weighted by Gasteiger charge is 2.09. The maximum Gasteiger partial charge on any atom is 0.338 e. The van der Waals surface area contributed by atoms with Crippen molar-refractivity contribution < 1.29 is 19.1 Å². The monoisotopic (exact) mass is 389 g/mol. The van der Waals surface area contributed by atoms with E-state index < -0.39 is 0 Å². The van der Waals surface area contributed by atoms with Gasteiger partial charge in [0.2, 0.25) is 0 Å². The van der Waals surface area contributed by atoms with Crippen molar-refractivity contribution in [3.63, 3.8) is 0 Å². The summed E-state index contributed by atoms with van der Waals surface area (Å²) in [6, 6.07) is 21.3. The Bertz CT molecular complexity index is 979. The number of hydrogen-bond acceptors (Lipinski definition) is 4. The van der Waals surface area contributed by atoms with Crippen LogP contribution in [0.1, 0.15) is 39.6 Å². The van der Waals surface area contributed by atoms with Gasteiger partial charge in [0.1, 0.15) is 11.5 Å². The Labute approximate surface area is 170 Å². The van der Waals surface area contributed by atoms with E-state index in [0.717, 1.165) is 17.7 Å². The standard InChI is InChI=1S/C24H23NO4/c1-3-15-28-24(27)19-7-11-20(12-8-19)25-23(26)18-9-13-21(14-10-18)29-22-6-4-5-17(2)16-22/h4-14,16H,3,15H2,1-2H3,(H,25,26). The molecule has 0 aliphatic rings. The van der Waals surface area contributed by atoms with E-state index in [1.807, 2.05) is 38.1 Å². The lowest BCUT2D eigenvalue weighted by Crippen LogP contribution is -2.12. The number of rotatable bonds is 7. The van der Waals surface area contributed by atoms with Gasteiger partial charge in [-0.05, 0) is 79.6 Å². The van der Waals surface area contributed by atoms with Gasteiger partial charge in [-0.3, -0.25) is 4.79 Å². The third kappa shape index (κ3) is 5.69. The van der Waals surface area contributed by atoms with E-state index in [1.54, 1.807) is 48.5 Å². The van der Waals surface area contributed by atoms with Crippen molar-refractivity contribution in [3.05, 3.63) is 89.5 Å². The smallest absolute Gasteiger partial charge is 0.338 e. The molecule has 1 amide bonds. The van der Waals surface area contributed by atoms with Gasteiger partial charge in [0, 0.05) is 11.3 Å². The van der Waals surface area contributed by atoms with Crippen LogP contribution in [0, 0.1) is 6.92 Å². The summed E-state index contributed by atoms with van der Waals surface area (Å²) >= 11 is 0. The van der Waals surface area contributed by atoms with Crippen LogP contribution in [0.4, 0.5) is 5.69 Å². The summed E-state index contributed by atoms with van der Waals surface area (Å²) in [5.41, 5.74) is 2.67. The normalized spacial score (nSPS) is 10.3. The molecule has 0 aliphatic heterocycles. The number of ether oxygens (including phenoxy) is 2. The Hall–Kier alpha value is -3.60. The Kier molecular flexibility index (Phi) is 6.63. The number of carbonyl (C=O) groups is 2. The molecule has 0 aliphatic carbocycles. The van der Waals surface area contributed by atoms with Gasteiger partial charge in [-0.15, -0.1) is 0 Å². The number of anilines is 1. The molecule has 0 spiro atoms. The fourth-order valence-electron chi connectivity index (χ4n) is 2.66. The predicted octanol–water partition coefficient (Wildman–Crippen LogP) is 5.61. The zero-order valence-electron chi connectivity index (χ0n) is 16.5. The average Bonchev–Trinajstić information content (AvgIpc) is 2.73. The average molecular weight is 389 g/mol. The lowest BCUT2D eigenvalue weighted by molar-refractivity contribution is 0.0505. The molecule has 0 aromatic heterocycles. The number of benzene rings is 3. The minimum Gasteiger partial charge on any atom is -0.462 e. The molecular weight excluding hydrogens is 366 g/mol. The van der Waals surface area contributed by atoms with Crippen LogP contribution < -0.4 is 10.1 Å². The summed E-state index contributed by atoms with van der Waals surface area (Å²) in [5, 5.41) is 2.81. The van der Waals surface area contributed by atoms with E-state index in [4.69, 9.17) is 9.47 Å². The van der Waals surface area contributed by atoms with Crippen LogP contribution >= 0.6 is 0 Å². The van der Waals surface area contributed by atoms with Crippen molar-refractivity contribution in [1.82, 2.24) is 0 Å². The van der Waals surface area contributed by atoms with Crippen molar-refractivity contribution in [2.75, 3.05) is 11.9 Å². The van der Waals surface area contributed by atoms with E-state index >= 15 is 0 Å². The molecule has 0 heterocycles. The Morgan fingerprint density at radius 3 is 2.21 bits per heavy atom. The van der Waals surface area contributed by atoms with Crippen LogP contribution in [0.2, 0.25) is 0 Å². The minimum absolute atomic E-state index is 0.242. The molecule has 0 radical (unpaired) electrons. The zero-order chi connectivity index (χ0) is 20.6. The number of carbonyl (C=O) groups excluding carboxylic acids is 2. The quantitative estimate of drug-likeness (QED) is 0.534. The molecule has 0 saturated heterocycles. The summed E-state index contributed by atoms with van der Waals surface area (Å²) in [4.78, 5) is 24.3. The van der Waals surface area contributed by atoms with Crippen molar-refractivity contribution in [2.45, 2.75) is 20.3 Å². The van der Waals surface area contributed by atoms with Gasteiger partial charge in [-0.25, -0.2) is 4.79 Å². The fourth-order valence-corrected chi connectivity index (χ4v) is 2.66. The van der Waals surface area contributed by atoms with Gasteiger partial charge < -0.3 is 14.8 Å². The summed E-state index contributed by atoms with van der Waals surface area (Å²) < 4.78 is 10.9. The van der Waals surface area contributed by atoms with Crippen LogP contribution in [0.25, 0.3) is 0 Å². The van der Waals surface area contributed by atoms with Gasteiger partial charge in [-0.1, -0.05) is 19.1 Å². The molecule has 0 unspecified atom stereocenters. The van der Waals surface area contributed by atoms with Gasteiger partial charge in [0.15, 0.2) is 0 Å². The molecule has 3 aromatic rings. The van der Waals surface area contributed by atoms with Crippen LogP contribution in [-0.4, -0.2) is 18.5 Å². The molecular formula is C24H23NO4. The highest BCUT2D eigenvalue weighted by Crippen LogP contribution is 2.23. The second-order valence-electron chi connectivity index (χ2n) is 6.61. The molecule has 0 bridgehead atoms. The van der Waals surface area contributed by atoms with E-state index in [0.29, 0.717) is 29.2 Å². The van der Waals surface area contributed by atoms with Crippen LogP contribution in [-0.2, 0) is 4.74 Å². The predicted molar refractivity (Wildman–Crippen MR) is 113 cm³/mol. The van der Waals surface area contributed by atoms with E-state index in [2.05, 4.69) is 5.32 Å². The highest BCUT2D eigenvalue weighted by molar-refractivity contribution is 6.04. The van der Waals surface area contributed by atoms with Crippen LogP contribution in [0.5, 0.6) is 11.5 Å². The van der Waals surface area contributed by atoms with Crippen molar-refractivity contribution in [3.8, 4) is 11.5 Å². The number of hydrogen-bond donors (Lipinski definition) is 1. The van der Waals surface area contributed by atoms with Crippen molar-refractivity contribution in [1.29, 1.82) is 0 Å². The number of esters is 1. The van der Waals surface area contributed by atoms with E-state index in [1.165, 1.54) is 0 Å². The van der Waals surface area contributed by atoms with Crippen molar-refractivity contribution in [2.24, 2.45) is 0 Å². The van der Waals surface area contributed by atoms with Crippen molar-refractivity contribution >= 4 is 17.6 Å². The maximum atomic E-state index is 12.4. The third-order valence-corrected chi connectivity index (χ3v) is 4.16. The molecule has 1 N–H and O–H groups in total. The molecule has 0 atom stereocenters. The molecule has 148 valence electrons.